The van der Waals surface area contributed by atoms with Gasteiger partial charge in [0, 0.05) is 57.3 Å². The Morgan fingerprint density at radius 3 is 2.60 bits per heavy atom. The van der Waals surface area contributed by atoms with Gasteiger partial charge in [-0.2, -0.15) is 0 Å². The second-order valence-electron chi connectivity index (χ2n) is 4.50. The number of hydrogen-bond acceptors (Lipinski definition) is 6. The Hall–Kier alpha value is -1.86. The average molecular weight is 282 g/mol. The summed E-state index contributed by atoms with van der Waals surface area (Å²) in [5, 5.41) is 17.0. The molecule has 0 aliphatic rings. The third-order valence-corrected chi connectivity index (χ3v) is 2.92. The predicted molar refractivity (Wildman–Crippen MR) is 80.5 cm³/mol. The fraction of sp³-hybridized carbons (Fsp3) is 0.538. The predicted octanol–water partition coefficient (Wildman–Crippen LogP) is 1.63. The van der Waals surface area contributed by atoms with Gasteiger partial charge in [0.1, 0.15) is 0 Å². The molecular weight excluding hydrogens is 260 g/mol. The Bertz CT molecular complexity index is 440. The van der Waals surface area contributed by atoms with Crippen LogP contribution in [0.3, 0.4) is 0 Å². The Labute approximate surface area is 119 Å². The fourth-order valence-corrected chi connectivity index (χ4v) is 1.71. The summed E-state index contributed by atoms with van der Waals surface area (Å²) >= 11 is 0. The molecule has 0 bridgehead atoms. The van der Waals surface area contributed by atoms with Crippen molar-refractivity contribution < 1.29 is 9.66 Å². The van der Waals surface area contributed by atoms with Crippen molar-refractivity contribution in [1.29, 1.82) is 0 Å². The lowest BCUT2D eigenvalue weighted by atomic mass is 10.2. The van der Waals surface area contributed by atoms with Gasteiger partial charge >= 0.3 is 0 Å². The number of nitro groups is 1. The van der Waals surface area contributed by atoms with Crippen LogP contribution >= 0.6 is 0 Å². The van der Waals surface area contributed by atoms with Crippen LogP contribution in [0, 0.1) is 10.1 Å². The van der Waals surface area contributed by atoms with Gasteiger partial charge in [0.2, 0.25) is 0 Å². The number of methoxy groups -OCH3 is 1. The highest BCUT2D eigenvalue weighted by molar-refractivity contribution is 5.63. The molecule has 0 spiro atoms. The molecule has 0 radical (unpaired) electrons. The van der Waals surface area contributed by atoms with E-state index in [4.69, 9.17) is 4.74 Å². The number of nitrogens with zero attached hydrogens (tertiary/aromatic N) is 2. The van der Waals surface area contributed by atoms with Gasteiger partial charge in [-0.15, -0.1) is 0 Å². The highest BCUT2D eigenvalue weighted by atomic mass is 16.6. The number of nitro benzene ring substituents is 1. The summed E-state index contributed by atoms with van der Waals surface area (Å²) in [6, 6.07) is 4.90. The Kier molecular flexibility index (Phi) is 6.75. The van der Waals surface area contributed by atoms with Crippen LogP contribution in [0.15, 0.2) is 18.2 Å². The Balaban J connectivity index is 2.54. The van der Waals surface area contributed by atoms with E-state index in [0.717, 1.165) is 24.5 Å². The normalized spacial score (nSPS) is 10.6. The molecule has 1 aromatic carbocycles. The molecule has 0 unspecified atom stereocenters. The standard InChI is InChI=1S/C13H22N4O3/c1-14-11-8-12(10-13(9-11)17(18)19)15-4-5-16(2)6-7-20-3/h8-10,14-15H,4-7H2,1-3H3. The number of nitrogens with one attached hydrogen (secondary N) is 2. The van der Waals surface area contributed by atoms with E-state index in [2.05, 4.69) is 15.5 Å². The molecular formula is C13H22N4O3. The smallest absolute Gasteiger partial charge is 0.273 e. The highest BCUT2D eigenvalue weighted by Gasteiger charge is 2.09. The summed E-state index contributed by atoms with van der Waals surface area (Å²) in [7, 11) is 5.42. The zero-order chi connectivity index (χ0) is 15.0. The molecule has 0 amide bonds. The van der Waals surface area contributed by atoms with Crippen molar-refractivity contribution >= 4 is 17.1 Å². The van der Waals surface area contributed by atoms with Gasteiger partial charge in [-0.3, -0.25) is 10.1 Å². The van der Waals surface area contributed by atoms with E-state index in [-0.39, 0.29) is 5.69 Å². The highest BCUT2D eigenvalue weighted by Crippen LogP contribution is 2.23. The van der Waals surface area contributed by atoms with E-state index in [9.17, 15) is 10.1 Å². The summed E-state index contributed by atoms with van der Waals surface area (Å²) in [6.45, 7) is 3.09. The first-order valence-electron chi connectivity index (χ1n) is 6.45. The van der Waals surface area contributed by atoms with Gasteiger partial charge in [0.25, 0.3) is 5.69 Å². The minimum atomic E-state index is -0.392. The van der Waals surface area contributed by atoms with Crippen molar-refractivity contribution in [3.05, 3.63) is 28.3 Å². The molecule has 112 valence electrons. The van der Waals surface area contributed by atoms with Gasteiger partial charge in [-0.1, -0.05) is 0 Å². The summed E-state index contributed by atoms with van der Waals surface area (Å²) in [5.74, 6) is 0. The number of anilines is 2. The number of ether oxygens (including phenoxy) is 1. The van der Waals surface area contributed by atoms with Gasteiger partial charge < -0.3 is 20.3 Å². The van der Waals surface area contributed by atoms with E-state index in [0.29, 0.717) is 13.2 Å². The topological polar surface area (TPSA) is 79.7 Å². The largest absolute Gasteiger partial charge is 0.388 e. The molecule has 0 aliphatic carbocycles. The summed E-state index contributed by atoms with van der Waals surface area (Å²) in [4.78, 5) is 12.6. The average Bonchev–Trinajstić information content (AvgIpc) is 2.44. The van der Waals surface area contributed by atoms with E-state index < -0.39 is 4.92 Å². The zero-order valence-electron chi connectivity index (χ0n) is 12.2. The summed E-state index contributed by atoms with van der Waals surface area (Å²) in [6.07, 6.45) is 0. The van der Waals surface area contributed by atoms with Crippen LogP contribution in [0.5, 0.6) is 0 Å². The Morgan fingerprint density at radius 1 is 1.30 bits per heavy atom. The molecule has 0 heterocycles. The molecule has 0 aromatic heterocycles. The SMILES string of the molecule is CNc1cc(NCCN(C)CCOC)cc([N+](=O)[O-])c1. The minimum Gasteiger partial charge on any atom is -0.388 e. The van der Waals surface area contributed by atoms with Gasteiger partial charge in [0.15, 0.2) is 0 Å². The van der Waals surface area contributed by atoms with Crippen LogP contribution < -0.4 is 10.6 Å². The number of rotatable bonds is 9. The number of non-ortho nitro benzene ring substituents is 1. The van der Waals surface area contributed by atoms with Crippen molar-refractivity contribution in [3.63, 3.8) is 0 Å². The van der Waals surface area contributed by atoms with Crippen LogP contribution in [0.4, 0.5) is 17.1 Å². The van der Waals surface area contributed by atoms with Gasteiger partial charge in [-0.25, -0.2) is 0 Å². The van der Waals surface area contributed by atoms with Crippen LogP contribution in [-0.2, 0) is 4.74 Å². The first kappa shape index (κ1) is 16.2. The monoisotopic (exact) mass is 282 g/mol. The maximum Gasteiger partial charge on any atom is 0.273 e. The lowest BCUT2D eigenvalue weighted by Crippen LogP contribution is -2.28. The van der Waals surface area contributed by atoms with Crippen molar-refractivity contribution in [1.82, 2.24) is 4.90 Å². The number of benzene rings is 1. The zero-order valence-corrected chi connectivity index (χ0v) is 12.2. The fourth-order valence-electron chi connectivity index (χ4n) is 1.71. The van der Waals surface area contributed by atoms with Gasteiger partial charge in [0.05, 0.1) is 11.5 Å². The Morgan fingerprint density at radius 2 is 2.00 bits per heavy atom. The molecule has 1 rings (SSSR count). The van der Waals surface area contributed by atoms with E-state index in [1.54, 1.807) is 14.2 Å². The number of hydrogen-bond donors (Lipinski definition) is 2. The van der Waals surface area contributed by atoms with Gasteiger partial charge in [-0.05, 0) is 13.1 Å². The molecule has 7 nitrogen and oxygen atoms in total. The molecule has 20 heavy (non-hydrogen) atoms. The van der Waals surface area contributed by atoms with E-state index in [1.807, 2.05) is 13.1 Å². The van der Waals surface area contributed by atoms with E-state index in [1.165, 1.54) is 12.1 Å². The van der Waals surface area contributed by atoms with Crippen LogP contribution in [0.2, 0.25) is 0 Å². The summed E-state index contributed by atoms with van der Waals surface area (Å²) < 4.78 is 5.00. The quantitative estimate of drug-likeness (QED) is 0.529. The van der Waals surface area contributed by atoms with Crippen molar-refractivity contribution in [3.8, 4) is 0 Å². The second-order valence-corrected chi connectivity index (χ2v) is 4.50. The minimum absolute atomic E-state index is 0.0760. The molecule has 7 heteroatoms. The molecule has 0 atom stereocenters. The van der Waals surface area contributed by atoms with Crippen LogP contribution in [0.25, 0.3) is 0 Å². The van der Waals surface area contributed by atoms with E-state index >= 15 is 0 Å². The van der Waals surface area contributed by atoms with Crippen molar-refractivity contribution in [2.75, 3.05) is 58.1 Å². The van der Waals surface area contributed by atoms with Crippen LogP contribution in [-0.4, -0.2) is 57.3 Å². The molecule has 0 aliphatic heterocycles. The summed E-state index contributed by atoms with van der Waals surface area (Å²) in [5.41, 5.74) is 1.53. The lowest BCUT2D eigenvalue weighted by molar-refractivity contribution is -0.384. The molecule has 0 saturated heterocycles. The van der Waals surface area contributed by atoms with Crippen LogP contribution in [0.1, 0.15) is 0 Å². The maximum absolute atomic E-state index is 10.8. The third kappa shape index (κ3) is 5.41. The number of likely N-dealkylation sites (N-methyl/N-ethyl adjacent to an activating group) is 1. The maximum atomic E-state index is 10.8. The second kappa shape index (κ2) is 8.34. The lowest BCUT2D eigenvalue weighted by Gasteiger charge is -2.16. The molecule has 0 fully saturated rings. The van der Waals surface area contributed by atoms with Crippen molar-refractivity contribution in [2.45, 2.75) is 0 Å². The first-order valence-corrected chi connectivity index (χ1v) is 6.45. The molecule has 1 aromatic rings. The first-order chi connectivity index (χ1) is 9.56. The molecule has 0 saturated carbocycles. The third-order valence-electron chi connectivity index (χ3n) is 2.92. The van der Waals surface area contributed by atoms with Crippen molar-refractivity contribution in [2.24, 2.45) is 0 Å². The molecule has 2 N–H and O–H groups in total.